The molecule has 6 rings (SSSR count). The fraction of sp³-hybridized carbons (Fsp3) is 0. The first-order chi connectivity index (χ1) is 13.3. The average molecular weight is 350 g/mol. The van der Waals surface area contributed by atoms with Gasteiger partial charge in [-0.1, -0.05) is 24.3 Å². The highest BCUT2D eigenvalue weighted by molar-refractivity contribution is 5.88. The standard InChI is InChI=1S/C22H14N4O/c1-2-4-20-14(3-1)11-21(27-20)17-8-6-15-10-18(26-22(15)25-17)13-5-7-16-19(9-13)24-12-23-16/h1-12H,(H,23,24)(H,25,26). The number of nitrogens with one attached hydrogen (secondary N) is 2. The Balaban J connectivity index is 1.46. The van der Waals surface area contributed by atoms with Crippen LogP contribution in [-0.2, 0) is 0 Å². The van der Waals surface area contributed by atoms with Crippen molar-refractivity contribution in [3.63, 3.8) is 0 Å². The van der Waals surface area contributed by atoms with Crippen molar-refractivity contribution >= 4 is 33.0 Å². The second-order valence-electron chi connectivity index (χ2n) is 6.60. The topological polar surface area (TPSA) is 70.5 Å². The number of hydrogen-bond donors (Lipinski definition) is 2. The lowest BCUT2D eigenvalue weighted by molar-refractivity contribution is 0.629. The molecule has 0 aliphatic rings. The maximum atomic E-state index is 5.95. The number of rotatable bonds is 2. The van der Waals surface area contributed by atoms with Crippen LogP contribution < -0.4 is 0 Å². The first kappa shape index (κ1) is 14.3. The maximum Gasteiger partial charge on any atom is 0.153 e. The van der Waals surface area contributed by atoms with Crippen LogP contribution in [0.5, 0.6) is 0 Å². The molecule has 2 aromatic carbocycles. The number of imidazole rings is 1. The van der Waals surface area contributed by atoms with E-state index in [1.54, 1.807) is 6.33 Å². The Labute approximate surface area is 153 Å². The molecule has 6 aromatic rings. The Morgan fingerprint density at radius 3 is 2.78 bits per heavy atom. The highest BCUT2D eigenvalue weighted by atomic mass is 16.3. The van der Waals surface area contributed by atoms with E-state index in [0.717, 1.165) is 55.7 Å². The van der Waals surface area contributed by atoms with Gasteiger partial charge in [-0.15, -0.1) is 0 Å². The first-order valence-electron chi connectivity index (χ1n) is 8.76. The van der Waals surface area contributed by atoms with Gasteiger partial charge in [0.25, 0.3) is 0 Å². The van der Waals surface area contributed by atoms with Crippen molar-refractivity contribution in [3.05, 3.63) is 73.1 Å². The fourth-order valence-electron chi connectivity index (χ4n) is 3.51. The number of aromatic nitrogens is 4. The predicted octanol–water partition coefficient (Wildman–Crippen LogP) is 5.52. The van der Waals surface area contributed by atoms with Gasteiger partial charge in [0.1, 0.15) is 16.9 Å². The van der Waals surface area contributed by atoms with Gasteiger partial charge in [0, 0.05) is 22.0 Å². The van der Waals surface area contributed by atoms with Crippen LogP contribution in [0, 0.1) is 0 Å². The predicted molar refractivity (Wildman–Crippen MR) is 106 cm³/mol. The zero-order valence-electron chi connectivity index (χ0n) is 14.2. The van der Waals surface area contributed by atoms with Crippen molar-refractivity contribution in [3.8, 4) is 22.7 Å². The monoisotopic (exact) mass is 350 g/mol. The van der Waals surface area contributed by atoms with Crippen LogP contribution in [0.1, 0.15) is 0 Å². The van der Waals surface area contributed by atoms with E-state index in [2.05, 4.69) is 39.2 Å². The minimum absolute atomic E-state index is 0.771. The molecular weight excluding hydrogens is 336 g/mol. The van der Waals surface area contributed by atoms with Crippen LogP contribution in [0.4, 0.5) is 0 Å². The van der Waals surface area contributed by atoms with E-state index in [0.29, 0.717) is 0 Å². The van der Waals surface area contributed by atoms with Crippen LogP contribution in [0.25, 0.3) is 55.7 Å². The Hall–Kier alpha value is -3.86. The van der Waals surface area contributed by atoms with Gasteiger partial charge in [-0.2, -0.15) is 0 Å². The highest BCUT2D eigenvalue weighted by Gasteiger charge is 2.11. The number of aromatic amines is 2. The molecule has 0 bridgehead atoms. The second kappa shape index (κ2) is 5.32. The molecule has 27 heavy (non-hydrogen) atoms. The highest BCUT2D eigenvalue weighted by Crippen LogP contribution is 2.30. The fourth-order valence-corrected chi connectivity index (χ4v) is 3.51. The second-order valence-corrected chi connectivity index (χ2v) is 6.60. The van der Waals surface area contributed by atoms with Crippen LogP contribution in [0.15, 0.2) is 77.5 Å². The van der Waals surface area contributed by atoms with Crippen LogP contribution in [0.3, 0.4) is 0 Å². The van der Waals surface area contributed by atoms with E-state index in [9.17, 15) is 0 Å². The zero-order valence-corrected chi connectivity index (χ0v) is 14.2. The molecule has 0 spiro atoms. The summed E-state index contributed by atoms with van der Waals surface area (Å²) in [5.41, 5.74) is 6.62. The van der Waals surface area contributed by atoms with Gasteiger partial charge in [-0.3, -0.25) is 0 Å². The van der Waals surface area contributed by atoms with Gasteiger partial charge in [0.2, 0.25) is 0 Å². The molecule has 128 valence electrons. The van der Waals surface area contributed by atoms with E-state index in [4.69, 9.17) is 9.40 Å². The van der Waals surface area contributed by atoms with E-state index in [1.165, 1.54) is 0 Å². The molecule has 4 heterocycles. The summed E-state index contributed by atoms with van der Waals surface area (Å²) in [6, 6.07) is 22.4. The third-order valence-corrected chi connectivity index (χ3v) is 4.89. The largest absolute Gasteiger partial charge is 0.454 e. The Morgan fingerprint density at radius 2 is 1.81 bits per heavy atom. The molecule has 0 aliphatic heterocycles. The zero-order chi connectivity index (χ0) is 17.8. The van der Waals surface area contributed by atoms with Gasteiger partial charge in [-0.25, -0.2) is 9.97 Å². The molecule has 0 saturated carbocycles. The van der Waals surface area contributed by atoms with Crippen molar-refractivity contribution < 1.29 is 4.42 Å². The minimum atomic E-state index is 0.771. The summed E-state index contributed by atoms with van der Waals surface area (Å²) >= 11 is 0. The van der Waals surface area contributed by atoms with Crippen molar-refractivity contribution in [2.75, 3.05) is 0 Å². The van der Waals surface area contributed by atoms with E-state index in [1.807, 2.05) is 42.5 Å². The summed E-state index contributed by atoms with van der Waals surface area (Å²) in [7, 11) is 0. The minimum Gasteiger partial charge on any atom is -0.454 e. The summed E-state index contributed by atoms with van der Waals surface area (Å²) < 4.78 is 5.95. The van der Waals surface area contributed by atoms with Gasteiger partial charge in [-0.05, 0) is 42.5 Å². The molecular formula is C22H14N4O. The maximum absolute atomic E-state index is 5.95. The molecule has 4 aromatic heterocycles. The number of para-hydroxylation sites is 1. The first-order valence-corrected chi connectivity index (χ1v) is 8.76. The van der Waals surface area contributed by atoms with Crippen molar-refractivity contribution in [1.29, 1.82) is 0 Å². The molecule has 5 heteroatoms. The molecule has 5 nitrogen and oxygen atoms in total. The molecule has 0 unspecified atom stereocenters. The lowest BCUT2D eigenvalue weighted by Crippen LogP contribution is -1.82. The van der Waals surface area contributed by atoms with Crippen LogP contribution in [-0.4, -0.2) is 19.9 Å². The van der Waals surface area contributed by atoms with Gasteiger partial charge < -0.3 is 14.4 Å². The van der Waals surface area contributed by atoms with Crippen LogP contribution in [0.2, 0.25) is 0 Å². The number of benzene rings is 2. The molecule has 0 fully saturated rings. The average Bonchev–Trinajstić information content (AvgIpc) is 3.42. The van der Waals surface area contributed by atoms with E-state index in [-0.39, 0.29) is 0 Å². The van der Waals surface area contributed by atoms with Gasteiger partial charge in [0.05, 0.1) is 17.4 Å². The number of pyridine rings is 1. The van der Waals surface area contributed by atoms with Crippen molar-refractivity contribution in [2.45, 2.75) is 0 Å². The molecule has 0 amide bonds. The number of H-pyrrole nitrogens is 2. The summed E-state index contributed by atoms with van der Waals surface area (Å²) in [4.78, 5) is 15.6. The summed E-state index contributed by atoms with van der Waals surface area (Å²) in [6.45, 7) is 0. The lowest BCUT2D eigenvalue weighted by Gasteiger charge is -1.97. The van der Waals surface area contributed by atoms with Crippen LogP contribution >= 0.6 is 0 Å². The number of nitrogens with zero attached hydrogens (tertiary/aromatic N) is 2. The van der Waals surface area contributed by atoms with E-state index >= 15 is 0 Å². The van der Waals surface area contributed by atoms with E-state index < -0.39 is 0 Å². The third kappa shape index (κ3) is 2.25. The molecule has 0 aliphatic carbocycles. The summed E-state index contributed by atoms with van der Waals surface area (Å²) in [5, 5.41) is 2.14. The molecule has 0 radical (unpaired) electrons. The van der Waals surface area contributed by atoms with Crippen molar-refractivity contribution in [2.24, 2.45) is 0 Å². The lowest BCUT2D eigenvalue weighted by atomic mass is 10.1. The third-order valence-electron chi connectivity index (χ3n) is 4.89. The van der Waals surface area contributed by atoms with Gasteiger partial charge >= 0.3 is 0 Å². The van der Waals surface area contributed by atoms with Gasteiger partial charge in [0.15, 0.2) is 5.76 Å². The Morgan fingerprint density at radius 1 is 0.852 bits per heavy atom. The molecule has 2 N–H and O–H groups in total. The normalized spacial score (nSPS) is 11.7. The Bertz CT molecular complexity index is 1400. The number of fused-ring (bicyclic) bond motifs is 3. The molecule has 0 saturated heterocycles. The summed E-state index contributed by atoms with van der Waals surface area (Å²) in [6.07, 6.45) is 1.71. The number of furan rings is 1. The SMILES string of the molecule is c1ccc2oc(-c3ccc4cc(-c5ccc6nc[nH]c6c5)[nH]c4n3)cc2c1. The van der Waals surface area contributed by atoms with Crippen molar-refractivity contribution in [1.82, 2.24) is 19.9 Å². The molecule has 0 atom stereocenters. The quantitative estimate of drug-likeness (QED) is 0.432. The smallest absolute Gasteiger partial charge is 0.153 e. The summed E-state index contributed by atoms with van der Waals surface area (Å²) in [5.74, 6) is 0.771. The Kier molecular flexibility index (Phi) is 2.82. The number of hydrogen-bond acceptors (Lipinski definition) is 3.